The molecule has 2 aromatic rings. The first-order valence-electron chi connectivity index (χ1n) is 7.66. The van der Waals surface area contributed by atoms with Crippen LogP contribution in [0.5, 0.6) is 0 Å². The molecule has 0 aliphatic rings. The number of methoxy groups -OCH3 is 1. The summed E-state index contributed by atoms with van der Waals surface area (Å²) in [7, 11) is 1.72. The lowest BCUT2D eigenvalue weighted by molar-refractivity contribution is 0.0857. The first-order chi connectivity index (χ1) is 10.7. The third kappa shape index (κ3) is 5.89. The molecule has 2 rings (SSSR count). The standard InChI is InChI=1S/C18H25NO2S/c1-15-8-9-18(22-15)14-19(10-11-21-2)13-17(20)12-16-6-4-3-5-7-16/h3-9,17,20H,10-14H2,1-2H3/t17-/m1/s1. The van der Waals surface area contributed by atoms with Crippen LogP contribution in [0.15, 0.2) is 42.5 Å². The molecule has 4 heteroatoms. The van der Waals surface area contributed by atoms with Gasteiger partial charge in [0.1, 0.15) is 0 Å². The normalized spacial score (nSPS) is 12.7. The molecule has 3 nitrogen and oxygen atoms in total. The van der Waals surface area contributed by atoms with E-state index < -0.39 is 0 Å². The van der Waals surface area contributed by atoms with Crippen molar-refractivity contribution in [3.63, 3.8) is 0 Å². The lowest BCUT2D eigenvalue weighted by Crippen LogP contribution is -2.35. The molecule has 1 heterocycles. The van der Waals surface area contributed by atoms with Crippen LogP contribution in [0.25, 0.3) is 0 Å². The third-order valence-corrected chi connectivity index (χ3v) is 4.56. The molecule has 0 radical (unpaired) electrons. The van der Waals surface area contributed by atoms with Gasteiger partial charge in [-0.1, -0.05) is 30.3 Å². The molecule has 22 heavy (non-hydrogen) atoms. The average molecular weight is 319 g/mol. The Morgan fingerprint density at radius 3 is 2.59 bits per heavy atom. The fourth-order valence-electron chi connectivity index (χ4n) is 2.49. The number of aryl methyl sites for hydroxylation is 1. The molecular formula is C18H25NO2S. The van der Waals surface area contributed by atoms with Gasteiger partial charge in [0.15, 0.2) is 0 Å². The summed E-state index contributed by atoms with van der Waals surface area (Å²) in [5.74, 6) is 0. The number of hydrogen-bond acceptors (Lipinski definition) is 4. The molecule has 1 aromatic heterocycles. The van der Waals surface area contributed by atoms with Crippen molar-refractivity contribution < 1.29 is 9.84 Å². The molecule has 0 bridgehead atoms. The van der Waals surface area contributed by atoms with E-state index >= 15 is 0 Å². The van der Waals surface area contributed by atoms with E-state index in [-0.39, 0.29) is 6.10 Å². The van der Waals surface area contributed by atoms with Crippen molar-refractivity contribution in [1.82, 2.24) is 4.90 Å². The van der Waals surface area contributed by atoms with E-state index in [0.29, 0.717) is 19.6 Å². The van der Waals surface area contributed by atoms with Crippen molar-refractivity contribution >= 4 is 11.3 Å². The van der Waals surface area contributed by atoms with E-state index in [1.165, 1.54) is 15.3 Å². The van der Waals surface area contributed by atoms with E-state index in [0.717, 1.165) is 13.1 Å². The number of rotatable bonds is 9. The maximum absolute atomic E-state index is 10.4. The highest BCUT2D eigenvalue weighted by molar-refractivity contribution is 7.11. The second-order valence-electron chi connectivity index (χ2n) is 5.58. The van der Waals surface area contributed by atoms with Crippen molar-refractivity contribution in [1.29, 1.82) is 0 Å². The predicted molar refractivity (Wildman–Crippen MR) is 92.4 cm³/mol. The van der Waals surface area contributed by atoms with Gasteiger partial charge in [-0.2, -0.15) is 0 Å². The second kappa shape index (κ2) is 9.06. The van der Waals surface area contributed by atoms with Gasteiger partial charge in [0.05, 0.1) is 12.7 Å². The Balaban J connectivity index is 1.90. The highest BCUT2D eigenvalue weighted by Crippen LogP contribution is 2.17. The Labute approximate surface area is 137 Å². The van der Waals surface area contributed by atoms with Gasteiger partial charge >= 0.3 is 0 Å². The van der Waals surface area contributed by atoms with Crippen molar-refractivity contribution in [2.75, 3.05) is 26.8 Å². The number of thiophene rings is 1. The molecule has 120 valence electrons. The van der Waals surface area contributed by atoms with Crippen LogP contribution in [0.4, 0.5) is 0 Å². The van der Waals surface area contributed by atoms with Gasteiger partial charge in [0, 0.05) is 36.5 Å². The molecule has 0 unspecified atom stereocenters. The Hall–Kier alpha value is -1.20. The minimum absolute atomic E-state index is 0.361. The number of aliphatic hydroxyl groups excluding tert-OH is 1. The summed E-state index contributed by atoms with van der Waals surface area (Å²) >= 11 is 1.82. The zero-order valence-electron chi connectivity index (χ0n) is 13.4. The number of ether oxygens (including phenoxy) is 1. The van der Waals surface area contributed by atoms with Crippen molar-refractivity contribution in [3.8, 4) is 0 Å². The monoisotopic (exact) mass is 319 g/mol. The minimum Gasteiger partial charge on any atom is -0.391 e. The lowest BCUT2D eigenvalue weighted by Gasteiger charge is -2.24. The Morgan fingerprint density at radius 2 is 1.95 bits per heavy atom. The van der Waals surface area contributed by atoms with Gasteiger partial charge in [-0.05, 0) is 31.0 Å². The Morgan fingerprint density at radius 1 is 1.18 bits per heavy atom. The van der Waals surface area contributed by atoms with Crippen LogP contribution in [0.3, 0.4) is 0 Å². The molecule has 0 spiro atoms. The number of hydrogen-bond donors (Lipinski definition) is 1. The Kier molecular flexibility index (Phi) is 7.06. The van der Waals surface area contributed by atoms with Gasteiger partial charge in [-0.25, -0.2) is 0 Å². The highest BCUT2D eigenvalue weighted by atomic mass is 32.1. The highest BCUT2D eigenvalue weighted by Gasteiger charge is 2.13. The number of nitrogens with zero attached hydrogens (tertiary/aromatic N) is 1. The SMILES string of the molecule is COCCN(Cc1ccc(C)s1)C[C@H](O)Cc1ccccc1. The summed E-state index contributed by atoms with van der Waals surface area (Å²) in [5.41, 5.74) is 1.17. The summed E-state index contributed by atoms with van der Waals surface area (Å²) in [6.45, 7) is 5.17. The second-order valence-corrected chi connectivity index (χ2v) is 6.96. The summed E-state index contributed by atoms with van der Waals surface area (Å²) < 4.78 is 5.20. The first-order valence-corrected chi connectivity index (χ1v) is 8.47. The predicted octanol–water partition coefficient (Wildman–Crippen LogP) is 3.11. The largest absolute Gasteiger partial charge is 0.391 e. The van der Waals surface area contributed by atoms with E-state index in [2.05, 4.69) is 36.1 Å². The van der Waals surface area contributed by atoms with Gasteiger partial charge in [-0.3, -0.25) is 4.90 Å². The molecule has 0 amide bonds. The molecule has 0 saturated heterocycles. The molecule has 0 aliphatic carbocycles. The van der Waals surface area contributed by atoms with Crippen LogP contribution < -0.4 is 0 Å². The third-order valence-electron chi connectivity index (χ3n) is 3.57. The van der Waals surface area contributed by atoms with Crippen LogP contribution in [-0.4, -0.2) is 42.9 Å². The van der Waals surface area contributed by atoms with Crippen LogP contribution in [0, 0.1) is 6.92 Å². The van der Waals surface area contributed by atoms with E-state index in [1.807, 2.05) is 29.5 Å². The summed E-state index contributed by atoms with van der Waals surface area (Å²) in [6.07, 6.45) is 0.327. The quantitative estimate of drug-likeness (QED) is 0.771. The van der Waals surface area contributed by atoms with Gasteiger partial charge in [0.2, 0.25) is 0 Å². The molecule has 0 aliphatic heterocycles. The number of aliphatic hydroxyl groups is 1. The number of benzene rings is 1. The van der Waals surface area contributed by atoms with Crippen LogP contribution >= 0.6 is 11.3 Å². The topological polar surface area (TPSA) is 32.7 Å². The first kappa shape index (κ1) is 17.2. The summed E-state index contributed by atoms with van der Waals surface area (Å²) in [6, 6.07) is 14.5. The molecule has 0 saturated carbocycles. The summed E-state index contributed by atoms with van der Waals surface area (Å²) in [4.78, 5) is 4.93. The maximum Gasteiger partial charge on any atom is 0.0707 e. The zero-order chi connectivity index (χ0) is 15.8. The average Bonchev–Trinajstić information content (AvgIpc) is 2.91. The molecular weight excluding hydrogens is 294 g/mol. The molecule has 0 fully saturated rings. The van der Waals surface area contributed by atoms with E-state index in [4.69, 9.17) is 4.74 Å². The van der Waals surface area contributed by atoms with Gasteiger partial charge in [0.25, 0.3) is 0 Å². The van der Waals surface area contributed by atoms with E-state index in [1.54, 1.807) is 7.11 Å². The Bertz CT molecular complexity index is 541. The zero-order valence-corrected chi connectivity index (χ0v) is 14.2. The van der Waals surface area contributed by atoms with Crippen LogP contribution in [0.1, 0.15) is 15.3 Å². The molecule has 1 atom stereocenters. The van der Waals surface area contributed by atoms with Crippen molar-refractivity contribution in [3.05, 3.63) is 57.8 Å². The minimum atomic E-state index is -0.361. The van der Waals surface area contributed by atoms with Gasteiger partial charge in [-0.15, -0.1) is 11.3 Å². The van der Waals surface area contributed by atoms with E-state index in [9.17, 15) is 5.11 Å². The van der Waals surface area contributed by atoms with Crippen LogP contribution in [0.2, 0.25) is 0 Å². The fourth-order valence-corrected chi connectivity index (χ4v) is 3.43. The lowest BCUT2D eigenvalue weighted by atomic mass is 10.1. The van der Waals surface area contributed by atoms with Crippen molar-refractivity contribution in [2.24, 2.45) is 0 Å². The smallest absolute Gasteiger partial charge is 0.0707 e. The van der Waals surface area contributed by atoms with Crippen molar-refractivity contribution in [2.45, 2.75) is 26.0 Å². The molecule has 1 N–H and O–H groups in total. The maximum atomic E-state index is 10.4. The van der Waals surface area contributed by atoms with Gasteiger partial charge < -0.3 is 9.84 Å². The fraction of sp³-hybridized carbons (Fsp3) is 0.444. The van der Waals surface area contributed by atoms with Crippen LogP contribution in [-0.2, 0) is 17.7 Å². The summed E-state index contributed by atoms with van der Waals surface area (Å²) in [5, 5.41) is 10.4. The molecule has 1 aromatic carbocycles.